The van der Waals surface area contributed by atoms with E-state index in [1.807, 2.05) is 60.7 Å². The number of hydrogen-bond donors (Lipinski definition) is 0. The molecule has 6 nitrogen and oxygen atoms in total. The molecule has 5 rings (SSSR count). The van der Waals surface area contributed by atoms with E-state index in [-0.39, 0.29) is 23.7 Å². The van der Waals surface area contributed by atoms with Gasteiger partial charge in [0, 0.05) is 11.8 Å². The van der Waals surface area contributed by atoms with Gasteiger partial charge in [0.15, 0.2) is 23.0 Å². The molecule has 1 fully saturated rings. The van der Waals surface area contributed by atoms with Crippen LogP contribution >= 0.6 is 0 Å². The fourth-order valence-corrected chi connectivity index (χ4v) is 5.17. The van der Waals surface area contributed by atoms with Crippen molar-refractivity contribution in [2.75, 3.05) is 27.9 Å². The van der Waals surface area contributed by atoms with Gasteiger partial charge in [-0.1, -0.05) is 36.4 Å². The predicted octanol–water partition coefficient (Wildman–Crippen LogP) is 4.77. The normalized spacial score (nSPS) is 20.7. The summed E-state index contributed by atoms with van der Waals surface area (Å²) < 4.78 is 28.3. The van der Waals surface area contributed by atoms with Gasteiger partial charge in [0.2, 0.25) is 0 Å². The standard InChI is InChI=1S/C28H28O6/c1-30-23-12-18(9-10-22(23)33-15-17-7-5-4-6-8-17)26-21-14-25(32-3)24(31-2)13-19(21)11-20-16-34-28(29)27(20)26/h4-10,12-14,20,26-27H,11,15-16H2,1-3H3. The van der Waals surface area contributed by atoms with Crippen LogP contribution < -0.4 is 18.9 Å². The Bertz CT molecular complexity index is 1190. The minimum Gasteiger partial charge on any atom is -0.493 e. The van der Waals surface area contributed by atoms with Gasteiger partial charge in [0.25, 0.3) is 0 Å². The molecule has 3 unspecified atom stereocenters. The van der Waals surface area contributed by atoms with Crippen molar-refractivity contribution in [2.24, 2.45) is 11.8 Å². The van der Waals surface area contributed by atoms with Gasteiger partial charge in [-0.25, -0.2) is 0 Å². The van der Waals surface area contributed by atoms with Crippen molar-refractivity contribution in [3.63, 3.8) is 0 Å². The molecule has 2 aliphatic rings. The SMILES string of the molecule is COc1cc2c(cc1OC)C(c1ccc(OCc3ccccc3)c(OC)c1)C1C(=O)OCC1C2. The minimum atomic E-state index is -0.258. The number of methoxy groups -OCH3 is 3. The van der Waals surface area contributed by atoms with E-state index in [9.17, 15) is 4.79 Å². The van der Waals surface area contributed by atoms with Gasteiger partial charge < -0.3 is 23.7 Å². The molecule has 3 aromatic rings. The molecular weight excluding hydrogens is 432 g/mol. The maximum atomic E-state index is 12.8. The first-order valence-corrected chi connectivity index (χ1v) is 11.4. The van der Waals surface area contributed by atoms with Crippen molar-refractivity contribution in [3.05, 3.63) is 82.9 Å². The number of rotatable bonds is 7. The maximum absolute atomic E-state index is 12.8. The highest BCUT2D eigenvalue weighted by Crippen LogP contribution is 2.50. The number of ether oxygens (including phenoxy) is 5. The molecule has 0 saturated carbocycles. The topological polar surface area (TPSA) is 63.2 Å². The Morgan fingerprint density at radius 3 is 2.29 bits per heavy atom. The predicted molar refractivity (Wildman–Crippen MR) is 127 cm³/mol. The smallest absolute Gasteiger partial charge is 0.310 e. The molecule has 3 aromatic carbocycles. The van der Waals surface area contributed by atoms with E-state index in [1.54, 1.807) is 21.3 Å². The monoisotopic (exact) mass is 460 g/mol. The molecule has 34 heavy (non-hydrogen) atoms. The Morgan fingerprint density at radius 1 is 0.853 bits per heavy atom. The van der Waals surface area contributed by atoms with Crippen LogP contribution in [0.1, 0.15) is 28.2 Å². The van der Waals surface area contributed by atoms with Crippen molar-refractivity contribution in [3.8, 4) is 23.0 Å². The highest BCUT2D eigenvalue weighted by Gasteiger charge is 2.47. The van der Waals surface area contributed by atoms with Gasteiger partial charge in [0.1, 0.15) is 6.61 Å². The fraction of sp³-hybridized carbons (Fsp3) is 0.321. The highest BCUT2D eigenvalue weighted by molar-refractivity contribution is 5.78. The average molecular weight is 461 g/mol. The molecule has 176 valence electrons. The molecule has 0 spiro atoms. The average Bonchev–Trinajstić information content (AvgIpc) is 3.25. The van der Waals surface area contributed by atoms with Crippen LogP contribution in [-0.2, 0) is 22.6 Å². The molecule has 1 saturated heterocycles. The second-order valence-corrected chi connectivity index (χ2v) is 8.69. The van der Waals surface area contributed by atoms with Crippen LogP contribution in [-0.4, -0.2) is 33.9 Å². The third kappa shape index (κ3) is 3.94. The van der Waals surface area contributed by atoms with E-state index >= 15 is 0 Å². The van der Waals surface area contributed by atoms with Gasteiger partial charge in [-0.2, -0.15) is 0 Å². The van der Waals surface area contributed by atoms with Crippen molar-refractivity contribution in [1.29, 1.82) is 0 Å². The molecule has 1 aliphatic heterocycles. The number of cyclic esters (lactones) is 1. The molecule has 6 heteroatoms. The van der Waals surface area contributed by atoms with Crippen LogP contribution in [0, 0.1) is 11.8 Å². The van der Waals surface area contributed by atoms with E-state index in [4.69, 9.17) is 23.7 Å². The molecule has 0 N–H and O–H groups in total. The minimum absolute atomic E-state index is 0.114. The summed E-state index contributed by atoms with van der Waals surface area (Å²) in [5.41, 5.74) is 4.25. The number of esters is 1. The number of carbonyl (C=O) groups is 1. The second kappa shape index (κ2) is 9.29. The lowest BCUT2D eigenvalue weighted by Gasteiger charge is -2.34. The number of hydrogen-bond acceptors (Lipinski definition) is 6. The summed E-state index contributed by atoms with van der Waals surface area (Å²) in [5, 5.41) is 0. The zero-order chi connectivity index (χ0) is 23.7. The molecule has 0 bridgehead atoms. The quantitative estimate of drug-likeness (QED) is 0.474. The second-order valence-electron chi connectivity index (χ2n) is 8.69. The van der Waals surface area contributed by atoms with Gasteiger partial charge in [-0.15, -0.1) is 0 Å². The molecule has 0 amide bonds. The van der Waals surface area contributed by atoms with E-state index in [0.717, 1.165) is 28.7 Å². The van der Waals surface area contributed by atoms with Crippen LogP contribution in [0.15, 0.2) is 60.7 Å². The Hall–Kier alpha value is -3.67. The lowest BCUT2D eigenvalue weighted by atomic mass is 9.67. The summed E-state index contributed by atoms with van der Waals surface area (Å²) in [6.07, 6.45) is 0.762. The lowest BCUT2D eigenvalue weighted by Crippen LogP contribution is -2.31. The zero-order valence-electron chi connectivity index (χ0n) is 19.6. The van der Waals surface area contributed by atoms with E-state index in [0.29, 0.717) is 36.2 Å². The van der Waals surface area contributed by atoms with E-state index < -0.39 is 0 Å². The van der Waals surface area contributed by atoms with E-state index in [2.05, 4.69) is 0 Å². The largest absolute Gasteiger partial charge is 0.493 e. The third-order valence-corrected chi connectivity index (χ3v) is 6.83. The highest BCUT2D eigenvalue weighted by atomic mass is 16.5. The van der Waals surface area contributed by atoms with Crippen molar-refractivity contribution in [1.82, 2.24) is 0 Å². The fourth-order valence-electron chi connectivity index (χ4n) is 5.17. The van der Waals surface area contributed by atoms with Crippen LogP contribution in [0.4, 0.5) is 0 Å². The first kappa shape index (κ1) is 22.1. The van der Waals surface area contributed by atoms with E-state index in [1.165, 1.54) is 0 Å². The third-order valence-electron chi connectivity index (χ3n) is 6.83. The maximum Gasteiger partial charge on any atom is 0.310 e. The zero-order valence-corrected chi connectivity index (χ0v) is 19.6. The molecular formula is C28H28O6. The molecule has 1 heterocycles. The van der Waals surface area contributed by atoms with Crippen molar-refractivity contribution < 1.29 is 28.5 Å². The van der Waals surface area contributed by atoms with Crippen LogP contribution in [0.25, 0.3) is 0 Å². The Morgan fingerprint density at radius 2 is 1.56 bits per heavy atom. The summed E-state index contributed by atoms with van der Waals surface area (Å²) in [4.78, 5) is 12.8. The van der Waals surface area contributed by atoms with Crippen LogP contribution in [0.3, 0.4) is 0 Å². The van der Waals surface area contributed by atoms with Crippen molar-refractivity contribution in [2.45, 2.75) is 18.9 Å². The number of benzene rings is 3. The van der Waals surface area contributed by atoms with Crippen molar-refractivity contribution >= 4 is 5.97 Å². The Balaban J connectivity index is 1.54. The first-order valence-electron chi connectivity index (χ1n) is 11.4. The number of fused-ring (bicyclic) bond motifs is 2. The Kier molecular flexibility index (Phi) is 6.05. The summed E-state index contributed by atoms with van der Waals surface area (Å²) in [5.74, 6) is 2.14. The summed E-state index contributed by atoms with van der Waals surface area (Å²) in [7, 11) is 4.88. The van der Waals surface area contributed by atoms with Gasteiger partial charge in [-0.3, -0.25) is 4.79 Å². The molecule has 0 aromatic heterocycles. The van der Waals surface area contributed by atoms with Crippen LogP contribution in [0.2, 0.25) is 0 Å². The number of carbonyl (C=O) groups excluding carboxylic acids is 1. The molecule has 3 atom stereocenters. The van der Waals surface area contributed by atoms with Gasteiger partial charge in [0.05, 0.1) is 33.9 Å². The summed E-state index contributed by atoms with van der Waals surface area (Å²) in [6, 6.07) is 19.9. The van der Waals surface area contributed by atoms with Crippen LogP contribution in [0.5, 0.6) is 23.0 Å². The Labute approximate surface area is 199 Å². The van der Waals surface area contributed by atoms with Gasteiger partial charge >= 0.3 is 5.97 Å². The molecule has 0 radical (unpaired) electrons. The first-order chi connectivity index (χ1) is 16.6. The summed E-state index contributed by atoms with van der Waals surface area (Å²) in [6.45, 7) is 0.875. The lowest BCUT2D eigenvalue weighted by molar-refractivity contribution is -0.141. The molecule has 1 aliphatic carbocycles. The summed E-state index contributed by atoms with van der Waals surface area (Å²) >= 11 is 0. The van der Waals surface area contributed by atoms with Gasteiger partial charge in [-0.05, 0) is 52.9 Å².